The average molecular weight is 347 g/mol. The summed E-state index contributed by atoms with van der Waals surface area (Å²) in [5.41, 5.74) is 29.2. The predicted octanol–water partition coefficient (Wildman–Crippen LogP) is 4.35. The van der Waals surface area contributed by atoms with E-state index in [4.69, 9.17) is 38.3 Å². The molecule has 0 aromatic rings. The first-order valence-electron chi connectivity index (χ1n) is 7.04. The Balaban J connectivity index is 0. The Morgan fingerprint density at radius 3 is 0.905 bits per heavy atom. The first kappa shape index (κ1) is 22.8. The summed E-state index contributed by atoms with van der Waals surface area (Å²) in [7, 11) is 0. The summed E-state index contributed by atoms with van der Waals surface area (Å²) in [6, 6.07) is -0.319. The van der Waals surface area contributed by atoms with Crippen molar-refractivity contribution in [3.8, 4) is 0 Å². The maximum atomic E-state index is 8.47. The van der Waals surface area contributed by atoms with Gasteiger partial charge in [0.25, 0.3) is 0 Å². The van der Waals surface area contributed by atoms with Crippen molar-refractivity contribution >= 4 is 0 Å². The van der Waals surface area contributed by atoms with Crippen LogP contribution in [-0.4, -0.2) is 39.7 Å². The molecule has 2 aliphatic carbocycles. The minimum absolute atomic E-state index is 0. The second-order valence-electron chi connectivity index (χ2n) is 5.25. The SMILES string of the molecule is O=[N+](O)O.[NH-]C1CCCCC1[NH-].[NH-]C1CCCCC1[NH-].[Ni+2]. The molecule has 128 valence electrons. The molecule has 0 aromatic carbocycles. The van der Waals surface area contributed by atoms with E-state index >= 15 is 0 Å². The maximum Gasteiger partial charge on any atom is 2.00 e. The van der Waals surface area contributed by atoms with Crippen LogP contribution in [0.25, 0.3) is 22.9 Å². The van der Waals surface area contributed by atoms with Crippen molar-refractivity contribution in [3.63, 3.8) is 0 Å². The quantitative estimate of drug-likeness (QED) is 0.494. The van der Waals surface area contributed by atoms with Gasteiger partial charge in [-0.2, -0.15) is 24.2 Å². The van der Waals surface area contributed by atoms with Crippen LogP contribution in [0.3, 0.4) is 0 Å². The molecule has 0 heterocycles. The van der Waals surface area contributed by atoms with Gasteiger partial charge in [-0.3, -0.25) is 0 Å². The van der Waals surface area contributed by atoms with Crippen LogP contribution in [0, 0.1) is 4.91 Å². The second-order valence-corrected chi connectivity index (χ2v) is 5.25. The third-order valence-corrected chi connectivity index (χ3v) is 3.53. The van der Waals surface area contributed by atoms with E-state index in [1.807, 2.05) is 0 Å². The van der Waals surface area contributed by atoms with Gasteiger partial charge in [0.15, 0.2) is 0 Å². The van der Waals surface area contributed by atoms with Crippen molar-refractivity contribution < 1.29 is 32.0 Å². The number of nitrogens with one attached hydrogen (secondary N) is 4. The van der Waals surface area contributed by atoms with Gasteiger partial charge in [0, 0.05) is 0 Å². The van der Waals surface area contributed by atoms with Crippen molar-refractivity contribution in [1.29, 1.82) is 0 Å². The fraction of sp³-hybridized carbons (Fsp3) is 1.00. The van der Waals surface area contributed by atoms with E-state index in [-0.39, 0.29) is 40.7 Å². The third-order valence-electron chi connectivity index (χ3n) is 3.53. The van der Waals surface area contributed by atoms with Crippen LogP contribution in [0.2, 0.25) is 0 Å². The Kier molecular flexibility index (Phi) is 14.4. The molecule has 0 amide bonds. The molecule has 21 heavy (non-hydrogen) atoms. The van der Waals surface area contributed by atoms with Crippen LogP contribution in [0.4, 0.5) is 0 Å². The van der Waals surface area contributed by atoms with Crippen molar-refractivity contribution in [2.24, 2.45) is 0 Å². The summed E-state index contributed by atoms with van der Waals surface area (Å²) in [6.45, 7) is 0. The molecule has 6 N–H and O–H groups in total. The molecule has 0 bridgehead atoms. The van der Waals surface area contributed by atoms with Gasteiger partial charge >= 0.3 is 21.6 Å². The zero-order valence-corrected chi connectivity index (χ0v) is 13.0. The van der Waals surface area contributed by atoms with Crippen molar-refractivity contribution in [2.45, 2.75) is 75.5 Å². The van der Waals surface area contributed by atoms with Crippen LogP contribution in [-0.2, 0) is 16.5 Å². The smallest absolute Gasteiger partial charge is 0.676 e. The Morgan fingerprint density at radius 2 is 0.810 bits per heavy atom. The molecule has 4 atom stereocenters. The summed E-state index contributed by atoms with van der Waals surface area (Å²) < 4.78 is 0. The number of hydrogen-bond acceptors (Lipinski definition) is 1. The van der Waals surface area contributed by atoms with Crippen LogP contribution in [0.15, 0.2) is 0 Å². The van der Waals surface area contributed by atoms with Gasteiger partial charge in [-0.25, -0.2) is 10.4 Å². The number of rotatable bonds is 0. The Hall–Kier alpha value is -0.466. The van der Waals surface area contributed by atoms with E-state index in [0.717, 1.165) is 25.7 Å². The molecule has 0 aliphatic heterocycles. The van der Waals surface area contributed by atoms with E-state index in [1.54, 1.807) is 0 Å². The topological polar surface area (TPSA) is 156 Å². The zero-order chi connectivity index (χ0) is 15.5. The molecule has 0 saturated heterocycles. The van der Waals surface area contributed by atoms with Gasteiger partial charge in [-0.05, 0) is 0 Å². The second kappa shape index (κ2) is 13.2. The molecule has 2 rings (SSSR count). The fourth-order valence-electron chi connectivity index (χ4n) is 2.26. The van der Waals surface area contributed by atoms with E-state index in [1.165, 1.54) is 25.7 Å². The summed E-state index contributed by atoms with van der Waals surface area (Å²) >= 11 is 0. The standard InChI is InChI=1S/2C6H12N2.H2NO3.Ni/c2*7-5-3-1-2-4-6(5)8;2-1(3)4;/h2*5-8H,1-4H2;(H2,2,3,4);/q2*-2;+1;+2. The van der Waals surface area contributed by atoms with Crippen molar-refractivity contribution in [3.05, 3.63) is 27.8 Å². The van der Waals surface area contributed by atoms with Crippen LogP contribution >= 0.6 is 0 Å². The monoisotopic (exact) mass is 346 g/mol. The molecule has 0 radical (unpaired) electrons. The number of hydrogen-bond donors (Lipinski definition) is 2. The molecule has 9 heteroatoms. The first-order valence-corrected chi connectivity index (χ1v) is 7.04. The molecule has 0 aromatic heterocycles. The third kappa shape index (κ3) is 13.0. The molecule has 2 aliphatic rings. The molecule has 8 nitrogen and oxygen atoms in total. The minimum atomic E-state index is -1.25. The van der Waals surface area contributed by atoms with Gasteiger partial charge in [-0.1, -0.05) is 51.4 Å². The van der Waals surface area contributed by atoms with Crippen molar-refractivity contribution in [2.75, 3.05) is 0 Å². The summed E-state index contributed by atoms with van der Waals surface area (Å²) in [4.78, 5) is 8.47. The van der Waals surface area contributed by atoms with Gasteiger partial charge in [0.05, 0.1) is 0 Å². The molecular formula is C12H26N5NiO3-. The fourth-order valence-corrected chi connectivity index (χ4v) is 2.26. The minimum Gasteiger partial charge on any atom is -0.676 e. The van der Waals surface area contributed by atoms with Gasteiger partial charge in [0.2, 0.25) is 0 Å². The Morgan fingerprint density at radius 1 is 0.667 bits per heavy atom. The van der Waals surface area contributed by atoms with Crippen LogP contribution < -0.4 is 0 Å². The van der Waals surface area contributed by atoms with E-state index in [2.05, 4.69) is 0 Å². The van der Waals surface area contributed by atoms with Gasteiger partial charge < -0.3 is 22.9 Å². The Labute approximate surface area is 136 Å². The van der Waals surface area contributed by atoms with E-state index in [0.29, 0.717) is 0 Å². The molecule has 2 fully saturated rings. The summed E-state index contributed by atoms with van der Waals surface area (Å²) in [5, 5.41) is 12.5. The average Bonchev–Trinajstić information content (AvgIpc) is 2.37. The maximum absolute atomic E-state index is 8.47. The number of nitrogens with zero attached hydrogens (tertiary/aromatic N) is 1. The predicted molar refractivity (Wildman–Crippen MR) is 76.6 cm³/mol. The van der Waals surface area contributed by atoms with Crippen molar-refractivity contribution in [1.82, 2.24) is 0 Å². The normalized spacial score (nSPS) is 31.4. The van der Waals surface area contributed by atoms with Crippen LogP contribution in [0.1, 0.15) is 51.4 Å². The molecular weight excluding hydrogens is 321 g/mol. The zero-order valence-electron chi connectivity index (χ0n) is 12.0. The molecule has 0 spiro atoms. The summed E-state index contributed by atoms with van der Waals surface area (Å²) in [5.74, 6) is 0. The molecule has 4 unspecified atom stereocenters. The summed E-state index contributed by atoms with van der Waals surface area (Å²) in [6.07, 6.45) is 8.49. The van der Waals surface area contributed by atoms with Gasteiger partial charge in [0.1, 0.15) is 4.91 Å². The first-order chi connectivity index (χ1) is 9.34. The van der Waals surface area contributed by atoms with E-state index < -0.39 is 5.09 Å². The van der Waals surface area contributed by atoms with E-state index in [9.17, 15) is 0 Å². The van der Waals surface area contributed by atoms with Crippen LogP contribution in [0.5, 0.6) is 0 Å². The molecule has 2 saturated carbocycles. The Bertz CT molecular complexity index is 229. The largest absolute Gasteiger partial charge is 2.00 e. The van der Waals surface area contributed by atoms with Gasteiger partial charge in [-0.15, -0.1) is 0 Å².